The molecule has 1 aliphatic carbocycles. The van der Waals surface area contributed by atoms with Crippen molar-refractivity contribution in [2.24, 2.45) is 5.92 Å². The van der Waals surface area contributed by atoms with Crippen LogP contribution in [0.3, 0.4) is 0 Å². The van der Waals surface area contributed by atoms with Crippen molar-refractivity contribution in [3.63, 3.8) is 0 Å². The average molecular weight is 447 g/mol. The normalized spacial score (nSPS) is 19.8. The van der Waals surface area contributed by atoms with Crippen LogP contribution in [0.1, 0.15) is 54.8 Å². The molecular formula is C27H30N2O4. The predicted octanol–water partition coefficient (Wildman–Crippen LogP) is 4.52. The highest BCUT2D eigenvalue weighted by Gasteiger charge is 2.35. The molecule has 1 heterocycles. The molecule has 2 N–H and O–H groups in total. The minimum atomic E-state index is -0.702. The number of imidazole rings is 1. The Morgan fingerprint density at radius 2 is 1.79 bits per heavy atom. The Morgan fingerprint density at radius 1 is 1.15 bits per heavy atom. The molecule has 2 atom stereocenters. The van der Waals surface area contributed by atoms with E-state index in [4.69, 9.17) is 4.74 Å². The van der Waals surface area contributed by atoms with Crippen LogP contribution in [-0.2, 0) is 9.53 Å². The van der Waals surface area contributed by atoms with Crippen LogP contribution < -0.4 is 0 Å². The Labute approximate surface area is 194 Å². The summed E-state index contributed by atoms with van der Waals surface area (Å²) in [7, 11) is 1.45. The first-order valence-corrected chi connectivity index (χ1v) is 11.3. The molecule has 6 nitrogen and oxygen atoms in total. The second-order valence-corrected chi connectivity index (χ2v) is 8.61. The van der Waals surface area contributed by atoms with Gasteiger partial charge in [-0.15, -0.1) is 0 Å². The van der Waals surface area contributed by atoms with Crippen LogP contribution in [0.4, 0.5) is 0 Å². The Bertz CT molecular complexity index is 1090. The zero-order chi connectivity index (χ0) is 23.4. The molecule has 3 aromatic rings. The van der Waals surface area contributed by atoms with Gasteiger partial charge in [0.15, 0.2) is 0 Å². The number of esters is 1. The van der Waals surface area contributed by atoms with Gasteiger partial charge in [0.05, 0.1) is 25.7 Å². The van der Waals surface area contributed by atoms with E-state index in [1.165, 1.54) is 12.7 Å². The fourth-order valence-electron chi connectivity index (χ4n) is 4.38. The number of carbonyl (C=O) groups excluding carboxylic acids is 1. The molecule has 6 heteroatoms. The lowest BCUT2D eigenvalue weighted by Gasteiger charge is -2.33. The maximum absolute atomic E-state index is 11.6. The molecule has 0 unspecified atom stereocenters. The summed E-state index contributed by atoms with van der Waals surface area (Å²) in [6.07, 6.45) is 8.29. The number of nitrogens with zero attached hydrogens (tertiary/aromatic N) is 2. The molecule has 172 valence electrons. The molecule has 0 saturated heterocycles. The van der Waals surface area contributed by atoms with Gasteiger partial charge in [0.2, 0.25) is 0 Å². The van der Waals surface area contributed by atoms with E-state index in [0.29, 0.717) is 11.7 Å². The van der Waals surface area contributed by atoms with E-state index in [2.05, 4.69) is 41.4 Å². The van der Waals surface area contributed by atoms with Crippen molar-refractivity contribution >= 4 is 12.0 Å². The van der Waals surface area contributed by atoms with Gasteiger partial charge in [-0.3, -0.25) is 4.79 Å². The number of hydrogen-bond acceptors (Lipinski definition) is 5. The lowest BCUT2D eigenvalue weighted by molar-refractivity contribution is -0.148. The van der Waals surface area contributed by atoms with Crippen molar-refractivity contribution in [1.82, 2.24) is 9.55 Å². The third-order valence-corrected chi connectivity index (χ3v) is 6.43. The SMILES string of the molecule is COC(=O)C1CC(c2ccc(-c3ccc(/C=C/[C@@H](CO)n4ccnc4[C@H](C)O)cc3)cc2)C1. The molecule has 1 saturated carbocycles. The average Bonchev–Trinajstić information content (AvgIpc) is 3.29. The summed E-state index contributed by atoms with van der Waals surface area (Å²) < 4.78 is 6.61. The molecule has 0 bridgehead atoms. The number of aliphatic hydroxyl groups is 2. The first-order valence-electron chi connectivity index (χ1n) is 11.3. The van der Waals surface area contributed by atoms with Crippen molar-refractivity contribution in [2.45, 2.75) is 37.8 Å². The molecule has 4 rings (SSSR count). The number of ether oxygens (including phenoxy) is 1. The first kappa shape index (κ1) is 23.0. The van der Waals surface area contributed by atoms with Crippen molar-refractivity contribution in [3.8, 4) is 11.1 Å². The number of benzene rings is 2. The molecule has 0 spiro atoms. The van der Waals surface area contributed by atoms with Crippen LogP contribution >= 0.6 is 0 Å². The molecule has 33 heavy (non-hydrogen) atoms. The van der Waals surface area contributed by atoms with E-state index in [1.54, 1.807) is 23.9 Å². The van der Waals surface area contributed by atoms with E-state index in [0.717, 1.165) is 29.5 Å². The largest absolute Gasteiger partial charge is 0.469 e. The van der Waals surface area contributed by atoms with Gasteiger partial charge in [-0.05, 0) is 47.9 Å². The molecule has 0 radical (unpaired) electrons. The molecule has 1 fully saturated rings. The second kappa shape index (κ2) is 10.1. The van der Waals surface area contributed by atoms with Crippen molar-refractivity contribution in [2.75, 3.05) is 13.7 Å². The molecule has 1 aromatic heterocycles. The first-order chi connectivity index (χ1) is 16.0. The summed E-state index contributed by atoms with van der Waals surface area (Å²) in [6.45, 7) is 1.58. The highest BCUT2D eigenvalue weighted by Crippen LogP contribution is 2.42. The van der Waals surface area contributed by atoms with Crippen LogP contribution in [0.2, 0.25) is 0 Å². The van der Waals surface area contributed by atoms with Gasteiger partial charge in [0.1, 0.15) is 11.9 Å². The minimum Gasteiger partial charge on any atom is -0.469 e. The monoisotopic (exact) mass is 446 g/mol. The number of aromatic nitrogens is 2. The Balaban J connectivity index is 1.40. The summed E-state index contributed by atoms with van der Waals surface area (Å²) in [6, 6.07) is 16.5. The lowest BCUT2D eigenvalue weighted by Crippen LogP contribution is -2.29. The lowest BCUT2D eigenvalue weighted by atomic mass is 9.71. The second-order valence-electron chi connectivity index (χ2n) is 8.61. The highest BCUT2D eigenvalue weighted by molar-refractivity contribution is 5.74. The van der Waals surface area contributed by atoms with Gasteiger partial charge >= 0.3 is 5.97 Å². The van der Waals surface area contributed by atoms with Gasteiger partial charge in [-0.2, -0.15) is 0 Å². The summed E-state index contributed by atoms with van der Waals surface area (Å²) in [5.74, 6) is 0.897. The van der Waals surface area contributed by atoms with E-state index in [1.807, 2.05) is 24.3 Å². The van der Waals surface area contributed by atoms with Gasteiger partial charge in [-0.25, -0.2) is 4.98 Å². The third-order valence-electron chi connectivity index (χ3n) is 6.43. The minimum absolute atomic E-state index is 0.0399. The van der Waals surface area contributed by atoms with Crippen molar-refractivity contribution in [3.05, 3.63) is 84.0 Å². The summed E-state index contributed by atoms with van der Waals surface area (Å²) in [4.78, 5) is 15.8. The van der Waals surface area contributed by atoms with Gasteiger partial charge in [0.25, 0.3) is 0 Å². The maximum atomic E-state index is 11.6. The Kier molecular flexibility index (Phi) is 7.06. The molecular weight excluding hydrogens is 416 g/mol. The quantitative estimate of drug-likeness (QED) is 0.497. The van der Waals surface area contributed by atoms with Gasteiger partial charge < -0.3 is 19.5 Å². The maximum Gasteiger partial charge on any atom is 0.308 e. The van der Waals surface area contributed by atoms with E-state index < -0.39 is 6.10 Å². The number of rotatable bonds is 8. The van der Waals surface area contributed by atoms with Gasteiger partial charge in [0, 0.05) is 12.4 Å². The van der Waals surface area contributed by atoms with E-state index in [-0.39, 0.29) is 24.5 Å². The molecule has 0 amide bonds. The Hall–Kier alpha value is -3.22. The molecule has 1 aliphatic rings. The van der Waals surface area contributed by atoms with Crippen LogP contribution in [0, 0.1) is 5.92 Å². The van der Waals surface area contributed by atoms with Crippen LogP contribution in [0.25, 0.3) is 17.2 Å². The third kappa shape index (κ3) is 5.07. The standard InChI is InChI=1S/C27H30N2O4/c1-18(31)26-28-13-14-29(26)25(17-30)12-5-19-3-6-20(7-4-19)21-8-10-22(11-9-21)23-15-24(16-23)27(32)33-2/h3-14,18,23-25,30-31H,15-17H2,1-2H3/b12-5+/t18-,23?,24?,25-/m0/s1. The summed E-state index contributed by atoms with van der Waals surface area (Å²) in [5, 5.41) is 19.7. The highest BCUT2D eigenvalue weighted by atomic mass is 16.5. The number of methoxy groups -OCH3 is 1. The van der Waals surface area contributed by atoms with Crippen LogP contribution in [-0.4, -0.2) is 39.5 Å². The summed E-state index contributed by atoms with van der Waals surface area (Å²) in [5.41, 5.74) is 4.57. The smallest absolute Gasteiger partial charge is 0.308 e. The molecule has 2 aromatic carbocycles. The summed E-state index contributed by atoms with van der Waals surface area (Å²) >= 11 is 0. The zero-order valence-electron chi connectivity index (χ0n) is 19.0. The number of carbonyl (C=O) groups is 1. The van der Waals surface area contributed by atoms with Crippen LogP contribution in [0.5, 0.6) is 0 Å². The topological polar surface area (TPSA) is 84.6 Å². The number of aliphatic hydroxyl groups excluding tert-OH is 2. The van der Waals surface area contributed by atoms with Crippen LogP contribution in [0.15, 0.2) is 67.0 Å². The van der Waals surface area contributed by atoms with Crippen molar-refractivity contribution in [1.29, 1.82) is 0 Å². The van der Waals surface area contributed by atoms with Gasteiger partial charge in [-0.1, -0.05) is 60.7 Å². The van der Waals surface area contributed by atoms with E-state index >= 15 is 0 Å². The van der Waals surface area contributed by atoms with Crippen molar-refractivity contribution < 1.29 is 19.7 Å². The zero-order valence-corrected chi connectivity index (χ0v) is 19.0. The van der Waals surface area contributed by atoms with E-state index in [9.17, 15) is 15.0 Å². The number of hydrogen-bond donors (Lipinski definition) is 2. The fraction of sp³-hybridized carbons (Fsp3) is 0.333. The molecule has 0 aliphatic heterocycles. The fourth-order valence-corrected chi connectivity index (χ4v) is 4.38. The Morgan fingerprint density at radius 3 is 2.36 bits per heavy atom. The predicted molar refractivity (Wildman–Crippen MR) is 127 cm³/mol.